The lowest BCUT2D eigenvalue weighted by Crippen LogP contribution is -2.24. The fourth-order valence-corrected chi connectivity index (χ4v) is 2.40. The molecule has 0 aromatic heterocycles. The highest BCUT2D eigenvalue weighted by Gasteiger charge is 2.10. The van der Waals surface area contributed by atoms with Crippen molar-refractivity contribution in [3.05, 3.63) is 24.3 Å². The van der Waals surface area contributed by atoms with Crippen molar-refractivity contribution in [1.29, 1.82) is 0 Å². The maximum Gasteiger partial charge on any atom is 0.184 e. The molecule has 1 aliphatic rings. The van der Waals surface area contributed by atoms with Gasteiger partial charge >= 0.3 is 0 Å². The van der Waals surface area contributed by atoms with Gasteiger partial charge in [-0.05, 0) is 24.4 Å². The molecule has 3 N–H and O–H groups in total. The van der Waals surface area contributed by atoms with Gasteiger partial charge in [-0.1, -0.05) is 12.1 Å². The van der Waals surface area contributed by atoms with E-state index in [9.17, 15) is 0 Å². The molecular weight excluding hydrogens is 216 g/mol. The number of nitrogens with one attached hydrogen (secondary N) is 1. The molecule has 4 nitrogen and oxygen atoms in total. The highest BCUT2D eigenvalue weighted by Crippen LogP contribution is 2.27. The summed E-state index contributed by atoms with van der Waals surface area (Å²) in [5, 5.41) is 0.176. The predicted molar refractivity (Wildman–Crippen MR) is 62.6 cm³/mol. The number of rotatable bonds is 1. The van der Waals surface area contributed by atoms with E-state index in [2.05, 4.69) is 27.1 Å². The summed E-state index contributed by atoms with van der Waals surface area (Å²) in [5.74, 6) is 0. The van der Waals surface area contributed by atoms with Crippen LogP contribution >= 0.6 is 12.2 Å². The van der Waals surface area contributed by atoms with Crippen LogP contribution in [0.25, 0.3) is 0 Å². The molecule has 1 aromatic carbocycles. The molecule has 1 unspecified atom stereocenters. The number of thiocarbonyl (C=S) groups is 1. The van der Waals surface area contributed by atoms with Gasteiger partial charge in [-0.2, -0.15) is 0 Å². The van der Waals surface area contributed by atoms with Crippen LogP contribution in [0.3, 0.4) is 0 Å². The van der Waals surface area contributed by atoms with Crippen LogP contribution in [0.2, 0.25) is 0 Å². The smallest absolute Gasteiger partial charge is 0.184 e. The zero-order valence-corrected chi connectivity index (χ0v) is 8.81. The Hall–Kier alpha value is -1.27. The summed E-state index contributed by atoms with van der Waals surface area (Å²) in [6, 6.07) is 7.86. The molecule has 0 saturated heterocycles. The molecule has 1 atom stereocenters. The van der Waals surface area contributed by atoms with Gasteiger partial charge in [0, 0.05) is 10.7 Å². The number of aliphatic imine (C=N–C) groups is 1. The molecule has 0 saturated carbocycles. The molecule has 0 amide bonds. The summed E-state index contributed by atoms with van der Waals surface area (Å²) in [7, 11) is -0.368. The van der Waals surface area contributed by atoms with E-state index in [0.717, 1.165) is 10.6 Å². The standard InChI is InChI=1S/C8H8N4S2/c9-8(13)11-12-14-5-10-6-3-1-2-4-7(6)14/h1-5H,(H3,9,11,13). The van der Waals surface area contributed by atoms with Gasteiger partial charge in [0.15, 0.2) is 5.11 Å². The molecule has 72 valence electrons. The lowest BCUT2D eigenvalue weighted by Gasteiger charge is -1.99. The SMILES string of the molecule is NC(=S)N/N=S1\C=Nc2ccccc21. The van der Waals surface area contributed by atoms with Crippen LogP contribution in [-0.4, -0.2) is 10.7 Å². The van der Waals surface area contributed by atoms with E-state index in [0.29, 0.717) is 0 Å². The fraction of sp³-hybridized carbons (Fsp3) is 0. The van der Waals surface area contributed by atoms with E-state index >= 15 is 0 Å². The van der Waals surface area contributed by atoms with E-state index in [1.54, 1.807) is 5.55 Å². The summed E-state index contributed by atoms with van der Waals surface area (Å²) in [4.78, 5) is 5.32. The molecule has 2 rings (SSSR count). The Morgan fingerprint density at radius 3 is 3.07 bits per heavy atom. The second kappa shape index (κ2) is 3.85. The Labute approximate surface area is 89.3 Å². The molecule has 6 heteroatoms. The normalized spacial score (nSPS) is 18.1. The predicted octanol–water partition coefficient (Wildman–Crippen LogP) is 1.27. The zero-order chi connectivity index (χ0) is 9.97. The van der Waals surface area contributed by atoms with Crippen molar-refractivity contribution in [2.75, 3.05) is 0 Å². The number of benzene rings is 1. The molecule has 0 aliphatic carbocycles. The second-order valence-electron chi connectivity index (χ2n) is 2.58. The van der Waals surface area contributed by atoms with Crippen molar-refractivity contribution in [3.63, 3.8) is 0 Å². The van der Waals surface area contributed by atoms with Crippen LogP contribution in [0, 0.1) is 0 Å². The number of hydrogen-bond donors (Lipinski definition) is 2. The number of nitrogens with zero attached hydrogens (tertiary/aromatic N) is 2. The van der Waals surface area contributed by atoms with E-state index in [-0.39, 0.29) is 15.8 Å². The van der Waals surface area contributed by atoms with Crippen LogP contribution in [0.4, 0.5) is 5.69 Å². The summed E-state index contributed by atoms with van der Waals surface area (Å²) in [6.07, 6.45) is 0. The van der Waals surface area contributed by atoms with E-state index in [1.165, 1.54) is 0 Å². The van der Waals surface area contributed by atoms with Gasteiger partial charge in [0.25, 0.3) is 0 Å². The first-order chi connectivity index (χ1) is 6.77. The Morgan fingerprint density at radius 1 is 1.50 bits per heavy atom. The quantitative estimate of drug-likeness (QED) is 0.558. The van der Waals surface area contributed by atoms with Crippen molar-refractivity contribution in [2.24, 2.45) is 15.2 Å². The van der Waals surface area contributed by atoms with Crippen LogP contribution in [0.15, 0.2) is 38.6 Å². The van der Waals surface area contributed by atoms with Crippen molar-refractivity contribution in [2.45, 2.75) is 4.90 Å². The van der Waals surface area contributed by atoms with Crippen LogP contribution in [0.5, 0.6) is 0 Å². The van der Waals surface area contributed by atoms with E-state index < -0.39 is 0 Å². The molecule has 1 aromatic rings. The Balaban J connectivity index is 2.30. The topological polar surface area (TPSA) is 62.8 Å². The highest BCUT2D eigenvalue weighted by molar-refractivity contribution is 8.01. The third-order valence-corrected chi connectivity index (χ3v) is 3.12. The Morgan fingerprint density at radius 2 is 2.29 bits per heavy atom. The maximum atomic E-state index is 5.28. The molecule has 1 heterocycles. The van der Waals surface area contributed by atoms with Gasteiger partial charge in [0.2, 0.25) is 0 Å². The number of hydrogen-bond acceptors (Lipinski definition) is 3. The van der Waals surface area contributed by atoms with Crippen molar-refractivity contribution < 1.29 is 0 Å². The van der Waals surface area contributed by atoms with Gasteiger partial charge in [-0.3, -0.25) is 0 Å². The monoisotopic (exact) mass is 224 g/mol. The first-order valence-corrected chi connectivity index (χ1v) is 5.55. The third kappa shape index (κ3) is 1.80. The third-order valence-electron chi connectivity index (χ3n) is 1.64. The van der Waals surface area contributed by atoms with Gasteiger partial charge in [-0.25, -0.2) is 10.4 Å². The van der Waals surface area contributed by atoms with Crippen molar-refractivity contribution in [1.82, 2.24) is 5.43 Å². The first-order valence-electron chi connectivity index (χ1n) is 3.90. The van der Waals surface area contributed by atoms with E-state index in [4.69, 9.17) is 5.73 Å². The minimum Gasteiger partial charge on any atom is -0.375 e. The maximum absolute atomic E-state index is 5.28. The second-order valence-corrected chi connectivity index (χ2v) is 4.49. The molecule has 1 aliphatic heterocycles. The molecule has 14 heavy (non-hydrogen) atoms. The average Bonchev–Trinajstić information content (AvgIpc) is 2.58. The summed E-state index contributed by atoms with van der Waals surface area (Å²) < 4.78 is 4.13. The molecule has 0 radical (unpaired) electrons. The molecule has 0 bridgehead atoms. The molecule has 0 spiro atoms. The van der Waals surface area contributed by atoms with Gasteiger partial charge < -0.3 is 5.73 Å². The molecule has 0 fully saturated rings. The minimum atomic E-state index is -0.368. The lowest BCUT2D eigenvalue weighted by atomic mass is 10.3. The van der Waals surface area contributed by atoms with Crippen molar-refractivity contribution in [3.8, 4) is 0 Å². The number of para-hydroxylation sites is 1. The minimum absolute atomic E-state index is 0.176. The van der Waals surface area contributed by atoms with E-state index in [1.807, 2.05) is 24.3 Å². The van der Waals surface area contributed by atoms with Crippen LogP contribution < -0.4 is 11.2 Å². The largest absolute Gasteiger partial charge is 0.375 e. The fourth-order valence-electron chi connectivity index (χ4n) is 1.07. The van der Waals surface area contributed by atoms with Gasteiger partial charge in [0.1, 0.15) is 0 Å². The number of nitrogens with two attached hydrogens (primary N) is 1. The number of fused-ring (bicyclic) bond motifs is 1. The summed E-state index contributed by atoms with van der Waals surface area (Å²) in [6.45, 7) is 0. The molecular formula is C8H8N4S2. The average molecular weight is 224 g/mol. The summed E-state index contributed by atoms with van der Waals surface area (Å²) in [5.41, 5.74) is 10.6. The van der Waals surface area contributed by atoms with Gasteiger partial charge in [0.05, 0.1) is 16.1 Å². The summed E-state index contributed by atoms with van der Waals surface area (Å²) >= 11 is 4.66. The van der Waals surface area contributed by atoms with Crippen molar-refractivity contribution >= 4 is 39.3 Å². The Bertz CT molecular complexity index is 439. The highest BCUT2D eigenvalue weighted by atomic mass is 32.2. The Kier molecular flexibility index (Phi) is 2.55. The lowest BCUT2D eigenvalue weighted by molar-refractivity contribution is 1.06. The van der Waals surface area contributed by atoms with Gasteiger partial charge in [-0.15, -0.1) is 4.47 Å². The zero-order valence-electron chi connectivity index (χ0n) is 7.18. The first kappa shape index (κ1) is 9.29. The van der Waals surface area contributed by atoms with Crippen LogP contribution in [0.1, 0.15) is 0 Å². The van der Waals surface area contributed by atoms with Crippen LogP contribution in [-0.2, 0) is 10.7 Å².